The minimum atomic E-state index is -3.62. The van der Waals surface area contributed by atoms with Crippen LogP contribution in [0.2, 0.25) is 0 Å². The predicted octanol–water partition coefficient (Wildman–Crippen LogP) is 0.748. The fraction of sp³-hybridized carbons (Fsp3) is 0.714. The van der Waals surface area contributed by atoms with Crippen molar-refractivity contribution in [2.24, 2.45) is 0 Å². The van der Waals surface area contributed by atoms with E-state index < -0.39 is 30.7 Å². The van der Waals surface area contributed by atoms with E-state index in [1.165, 1.54) is 0 Å². The highest BCUT2D eigenvalue weighted by atomic mass is 19.3. The largest absolute Gasteiger partial charge is 0.469 e. The van der Waals surface area contributed by atoms with Crippen molar-refractivity contribution in [3.63, 3.8) is 0 Å². The van der Waals surface area contributed by atoms with Crippen molar-refractivity contribution in [3.05, 3.63) is 0 Å². The Hall–Kier alpha value is -1.20. The maximum Gasteiger partial charge on any atom is 0.376 e. The van der Waals surface area contributed by atoms with Gasteiger partial charge in [0.25, 0.3) is 0 Å². The lowest BCUT2D eigenvalue weighted by Gasteiger charge is -2.11. The predicted molar refractivity (Wildman–Crippen MR) is 38.2 cm³/mol. The molecule has 0 saturated heterocycles. The molecule has 0 aliphatic rings. The van der Waals surface area contributed by atoms with Gasteiger partial charge < -0.3 is 9.47 Å². The van der Waals surface area contributed by atoms with Crippen molar-refractivity contribution in [3.8, 4) is 0 Å². The molecule has 4 nitrogen and oxygen atoms in total. The molecule has 0 radical (unpaired) electrons. The van der Waals surface area contributed by atoms with Gasteiger partial charge in [-0.05, 0) is 0 Å². The van der Waals surface area contributed by atoms with Crippen LogP contribution in [0.5, 0.6) is 0 Å². The molecule has 0 aromatic rings. The lowest BCUT2D eigenvalue weighted by molar-refractivity contribution is -0.170. The van der Waals surface area contributed by atoms with E-state index in [9.17, 15) is 18.4 Å². The zero-order chi connectivity index (χ0) is 10.5. The quantitative estimate of drug-likeness (QED) is 0.622. The first-order valence-corrected chi connectivity index (χ1v) is 3.47. The molecule has 0 aromatic carbocycles. The Labute approximate surface area is 73.8 Å². The lowest BCUT2D eigenvalue weighted by atomic mass is 10.2. The summed E-state index contributed by atoms with van der Waals surface area (Å²) in [6, 6.07) is 0. The summed E-state index contributed by atoms with van der Waals surface area (Å²) >= 11 is 0. The molecule has 76 valence electrons. The highest BCUT2D eigenvalue weighted by Crippen LogP contribution is 2.21. The number of hydrogen-bond donors (Lipinski definition) is 0. The SMILES string of the molecule is COC(=O)CCC(F)(F)C(=O)OC. The molecule has 13 heavy (non-hydrogen) atoms. The van der Waals surface area contributed by atoms with Crippen LogP contribution in [-0.4, -0.2) is 32.1 Å². The molecule has 0 aromatic heterocycles. The first kappa shape index (κ1) is 11.8. The number of alkyl halides is 2. The van der Waals surface area contributed by atoms with Crippen LogP contribution in [0, 0.1) is 0 Å². The Morgan fingerprint density at radius 2 is 1.77 bits per heavy atom. The first-order chi connectivity index (χ1) is 5.94. The third-order valence-electron chi connectivity index (χ3n) is 1.35. The Morgan fingerprint density at radius 3 is 2.15 bits per heavy atom. The molecule has 0 amide bonds. The number of methoxy groups -OCH3 is 2. The number of carbonyl (C=O) groups is 2. The molecular weight excluding hydrogens is 186 g/mol. The molecule has 0 rings (SSSR count). The molecular formula is C7H10F2O4. The minimum Gasteiger partial charge on any atom is -0.469 e. The summed E-state index contributed by atoms with van der Waals surface area (Å²) in [7, 11) is 1.94. The average molecular weight is 196 g/mol. The Morgan fingerprint density at radius 1 is 1.23 bits per heavy atom. The summed E-state index contributed by atoms with van der Waals surface area (Å²) in [4.78, 5) is 20.9. The van der Waals surface area contributed by atoms with Crippen LogP contribution in [0.1, 0.15) is 12.8 Å². The highest BCUT2D eigenvalue weighted by Gasteiger charge is 2.40. The third kappa shape index (κ3) is 3.82. The van der Waals surface area contributed by atoms with Gasteiger partial charge in [0.05, 0.1) is 20.6 Å². The monoisotopic (exact) mass is 196 g/mol. The number of hydrogen-bond acceptors (Lipinski definition) is 4. The average Bonchev–Trinajstić information content (AvgIpc) is 2.12. The van der Waals surface area contributed by atoms with Crippen molar-refractivity contribution < 1.29 is 27.8 Å². The van der Waals surface area contributed by atoms with Gasteiger partial charge in [-0.3, -0.25) is 4.79 Å². The van der Waals surface area contributed by atoms with Crippen LogP contribution in [0.15, 0.2) is 0 Å². The summed E-state index contributed by atoms with van der Waals surface area (Å²) in [5.74, 6) is -6.05. The highest BCUT2D eigenvalue weighted by molar-refractivity contribution is 5.78. The van der Waals surface area contributed by atoms with E-state index in [2.05, 4.69) is 9.47 Å². The maximum absolute atomic E-state index is 12.6. The minimum absolute atomic E-state index is 0.515. The second-order valence-corrected chi connectivity index (χ2v) is 2.27. The molecule has 0 N–H and O–H groups in total. The first-order valence-electron chi connectivity index (χ1n) is 3.47. The van der Waals surface area contributed by atoms with E-state index in [0.717, 1.165) is 14.2 Å². The fourth-order valence-corrected chi connectivity index (χ4v) is 0.612. The van der Waals surface area contributed by atoms with Gasteiger partial charge in [0, 0.05) is 6.42 Å². The van der Waals surface area contributed by atoms with E-state index in [1.807, 2.05) is 0 Å². The molecule has 0 bridgehead atoms. The van der Waals surface area contributed by atoms with E-state index in [4.69, 9.17) is 0 Å². The normalized spacial score (nSPS) is 10.8. The molecule has 0 atom stereocenters. The molecule has 0 aliphatic heterocycles. The van der Waals surface area contributed by atoms with Crippen LogP contribution < -0.4 is 0 Å². The molecule has 6 heteroatoms. The third-order valence-corrected chi connectivity index (χ3v) is 1.35. The van der Waals surface area contributed by atoms with Gasteiger partial charge in [0.15, 0.2) is 0 Å². The number of carbonyl (C=O) groups excluding carboxylic acids is 2. The molecule has 0 saturated carbocycles. The Kier molecular flexibility index (Phi) is 4.30. The van der Waals surface area contributed by atoms with Crippen LogP contribution in [0.3, 0.4) is 0 Å². The molecule has 0 unspecified atom stereocenters. The number of halogens is 2. The summed E-state index contributed by atoms with van der Waals surface area (Å²) in [6.45, 7) is 0. The van der Waals surface area contributed by atoms with Gasteiger partial charge in [-0.15, -0.1) is 0 Å². The maximum atomic E-state index is 12.6. The Bertz CT molecular complexity index is 203. The van der Waals surface area contributed by atoms with Crippen LogP contribution in [0.4, 0.5) is 8.78 Å². The van der Waals surface area contributed by atoms with E-state index in [0.29, 0.717) is 0 Å². The van der Waals surface area contributed by atoms with Gasteiger partial charge in [-0.1, -0.05) is 0 Å². The van der Waals surface area contributed by atoms with Crippen LogP contribution in [0.25, 0.3) is 0 Å². The number of rotatable bonds is 4. The second-order valence-electron chi connectivity index (χ2n) is 2.27. The smallest absolute Gasteiger partial charge is 0.376 e. The lowest BCUT2D eigenvalue weighted by Crippen LogP contribution is -2.30. The fourth-order valence-electron chi connectivity index (χ4n) is 0.612. The summed E-state index contributed by atoms with van der Waals surface area (Å²) < 4.78 is 33.2. The molecule has 0 heterocycles. The van der Waals surface area contributed by atoms with Crippen molar-refractivity contribution in [1.29, 1.82) is 0 Å². The van der Waals surface area contributed by atoms with Gasteiger partial charge in [-0.25, -0.2) is 4.79 Å². The van der Waals surface area contributed by atoms with Crippen LogP contribution >= 0.6 is 0 Å². The van der Waals surface area contributed by atoms with E-state index in [-0.39, 0.29) is 0 Å². The number of ether oxygens (including phenoxy) is 2. The Balaban J connectivity index is 4.03. The van der Waals surface area contributed by atoms with Gasteiger partial charge in [-0.2, -0.15) is 8.78 Å². The zero-order valence-electron chi connectivity index (χ0n) is 7.30. The summed E-state index contributed by atoms with van der Waals surface area (Å²) in [5.41, 5.74) is 0. The topological polar surface area (TPSA) is 52.6 Å². The van der Waals surface area contributed by atoms with Gasteiger partial charge >= 0.3 is 17.9 Å². The van der Waals surface area contributed by atoms with Crippen molar-refractivity contribution >= 4 is 11.9 Å². The van der Waals surface area contributed by atoms with E-state index in [1.54, 1.807) is 0 Å². The summed E-state index contributed by atoms with van der Waals surface area (Å²) in [5, 5.41) is 0. The zero-order valence-corrected chi connectivity index (χ0v) is 7.30. The van der Waals surface area contributed by atoms with Gasteiger partial charge in [0.2, 0.25) is 0 Å². The molecule has 0 fully saturated rings. The van der Waals surface area contributed by atoms with Crippen molar-refractivity contribution in [2.75, 3.05) is 14.2 Å². The molecule has 0 aliphatic carbocycles. The second kappa shape index (κ2) is 4.74. The molecule has 0 spiro atoms. The van der Waals surface area contributed by atoms with Gasteiger partial charge in [0.1, 0.15) is 0 Å². The van der Waals surface area contributed by atoms with Crippen LogP contribution in [-0.2, 0) is 19.1 Å². The van der Waals surface area contributed by atoms with E-state index >= 15 is 0 Å². The standard InChI is InChI=1S/C7H10F2O4/c1-12-5(10)3-4-7(8,9)6(11)13-2/h3-4H2,1-2H3. The number of esters is 2. The van der Waals surface area contributed by atoms with Crippen molar-refractivity contribution in [2.45, 2.75) is 18.8 Å². The summed E-state index contributed by atoms with van der Waals surface area (Å²) in [6.07, 6.45) is -1.41. The van der Waals surface area contributed by atoms with Crippen molar-refractivity contribution in [1.82, 2.24) is 0 Å².